The quantitative estimate of drug-likeness (QED) is 0.721. The molecule has 0 bridgehead atoms. The molecule has 0 saturated carbocycles. The lowest BCUT2D eigenvalue weighted by molar-refractivity contribution is -0.133. The van der Waals surface area contributed by atoms with Gasteiger partial charge in [0.15, 0.2) is 0 Å². The fraction of sp³-hybridized carbons (Fsp3) is 0.476. The van der Waals surface area contributed by atoms with Gasteiger partial charge in [-0.1, -0.05) is 30.3 Å². The summed E-state index contributed by atoms with van der Waals surface area (Å²) in [7, 11) is 0. The van der Waals surface area contributed by atoms with Gasteiger partial charge in [-0.25, -0.2) is 0 Å². The van der Waals surface area contributed by atoms with Crippen LogP contribution in [0.4, 0.5) is 0 Å². The van der Waals surface area contributed by atoms with Crippen LogP contribution in [0.1, 0.15) is 43.1 Å². The van der Waals surface area contributed by atoms with Crippen molar-refractivity contribution >= 4 is 18.3 Å². The number of rotatable bonds is 8. The predicted octanol–water partition coefficient (Wildman–Crippen LogP) is 3.54. The number of nitrogens with zero attached hydrogens (tertiary/aromatic N) is 1. The first-order valence-corrected chi connectivity index (χ1v) is 9.46. The van der Waals surface area contributed by atoms with Crippen LogP contribution in [0.3, 0.4) is 0 Å². The van der Waals surface area contributed by atoms with Gasteiger partial charge in [0.1, 0.15) is 11.9 Å². The molecule has 1 fully saturated rings. The second-order valence-corrected chi connectivity index (χ2v) is 7.02. The van der Waals surface area contributed by atoms with Gasteiger partial charge in [0.05, 0.1) is 12.8 Å². The normalized spacial score (nSPS) is 15.7. The minimum absolute atomic E-state index is 0. The van der Waals surface area contributed by atoms with Gasteiger partial charge in [0.25, 0.3) is 0 Å². The molecule has 1 aromatic heterocycles. The highest BCUT2D eigenvalue weighted by Gasteiger charge is 2.22. The highest BCUT2D eigenvalue weighted by Crippen LogP contribution is 2.21. The maximum absolute atomic E-state index is 12.9. The van der Waals surface area contributed by atoms with Gasteiger partial charge < -0.3 is 19.7 Å². The molecular weight excluding hydrogens is 364 g/mol. The largest absolute Gasteiger partial charge is 0.467 e. The van der Waals surface area contributed by atoms with Crippen molar-refractivity contribution in [1.82, 2.24) is 10.2 Å². The molecular formula is C21H29ClN2O3. The minimum Gasteiger partial charge on any atom is -0.467 e. The van der Waals surface area contributed by atoms with Crippen molar-refractivity contribution in [3.63, 3.8) is 0 Å². The Bertz CT molecular complexity index is 657. The molecule has 1 atom stereocenters. The summed E-state index contributed by atoms with van der Waals surface area (Å²) in [4.78, 5) is 14.6. The first-order valence-electron chi connectivity index (χ1n) is 9.46. The minimum atomic E-state index is -0.809. The molecule has 0 radical (unpaired) electrons. The molecule has 6 heteroatoms. The first kappa shape index (κ1) is 21.5. The van der Waals surface area contributed by atoms with Gasteiger partial charge in [0, 0.05) is 13.0 Å². The van der Waals surface area contributed by atoms with E-state index in [0.29, 0.717) is 24.6 Å². The zero-order valence-electron chi connectivity index (χ0n) is 15.5. The molecule has 2 heterocycles. The van der Waals surface area contributed by atoms with Crippen LogP contribution in [-0.2, 0) is 11.3 Å². The van der Waals surface area contributed by atoms with Crippen LogP contribution in [0.5, 0.6) is 0 Å². The first-order chi connectivity index (χ1) is 12.7. The van der Waals surface area contributed by atoms with Crippen molar-refractivity contribution in [2.24, 2.45) is 5.92 Å². The summed E-state index contributed by atoms with van der Waals surface area (Å²) in [5.41, 5.74) is 1.06. The van der Waals surface area contributed by atoms with E-state index in [9.17, 15) is 9.90 Å². The molecule has 1 aliphatic heterocycles. The summed E-state index contributed by atoms with van der Waals surface area (Å²) in [6.07, 6.45) is 4.46. The number of piperidine rings is 1. The Kier molecular flexibility index (Phi) is 8.85. The highest BCUT2D eigenvalue weighted by atomic mass is 35.5. The Morgan fingerprint density at radius 1 is 1.19 bits per heavy atom. The summed E-state index contributed by atoms with van der Waals surface area (Å²) in [5.74, 6) is 1.21. The van der Waals surface area contributed by atoms with Gasteiger partial charge in [-0.3, -0.25) is 4.79 Å². The number of aliphatic hydroxyl groups excluding tert-OH is 1. The van der Waals surface area contributed by atoms with Gasteiger partial charge >= 0.3 is 0 Å². The van der Waals surface area contributed by atoms with Crippen LogP contribution in [0, 0.1) is 5.92 Å². The maximum Gasteiger partial charge on any atom is 0.222 e. The van der Waals surface area contributed by atoms with Crippen molar-refractivity contribution in [2.45, 2.75) is 38.3 Å². The molecule has 2 N–H and O–H groups in total. The number of nitrogens with one attached hydrogen (secondary N) is 1. The van der Waals surface area contributed by atoms with E-state index in [0.717, 1.165) is 37.9 Å². The molecule has 1 unspecified atom stereocenters. The lowest BCUT2D eigenvalue weighted by atomic mass is 9.93. The third kappa shape index (κ3) is 6.69. The summed E-state index contributed by atoms with van der Waals surface area (Å²) in [6, 6.07) is 13.4. The molecule has 5 nitrogen and oxygen atoms in total. The molecule has 2 aromatic rings. The number of aliphatic hydroxyl groups is 1. The van der Waals surface area contributed by atoms with E-state index in [2.05, 4.69) is 5.32 Å². The second-order valence-electron chi connectivity index (χ2n) is 7.02. The van der Waals surface area contributed by atoms with Crippen molar-refractivity contribution in [3.05, 3.63) is 60.1 Å². The van der Waals surface area contributed by atoms with Crippen molar-refractivity contribution in [2.75, 3.05) is 19.6 Å². The second kappa shape index (κ2) is 11.1. The molecule has 3 rings (SSSR count). The molecule has 1 aromatic carbocycles. The van der Waals surface area contributed by atoms with Crippen LogP contribution in [0.15, 0.2) is 53.1 Å². The van der Waals surface area contributed by atoms with E-state index in [1.807, 2.05) is 30.3 Å². The van der Waals surface area contributed by atoms with Crippen molar-refractivity contribution in [1.29, 1.82) is 0 Å². The van der Waals surface area contributed by atoms with E-state index < -0.39 is 6.10 Å². The smallest absolute Gasteiger partial charge is 0.222 e. The Morgan fingerprint density at radius 3 is 2.59 bits per heavy atom. The zero-order valence-corrected chi connectivity index (χ0v) is 16.4. The summed E-state index contributed by atoms with van der Waals surface area (Å²) in [5, 5.41) is 13.8. The lowest BCUT2D eigenvalue weighted by Crippen LogP contribution is -2.35. The zero-order chi connectivity index (χ0) is 18.2. The van der Waals surface area contributed by atoms with Crippen LogP contribution in [0.2, 0.25) is 0 Å². The number of benzene rings is 1. The van der Waals surface area contributed by atoms with Gasteiger partial charge in [-0.2, -0.15) is 0 Å². The number of hydrogen-bond acceptors (Lipinski definition) is 4. The number of hydrogen-bond donors (Lipinski definition) is 2. The Balaban J connectivity index is 0.00000261. The summed E-state index contributed by atoms with van der Waals surface area (Å²) in [6.45, 7) is 2.84. The van der Waals surface area contributed by atoms with E-state index in [4.69, 9.17) is 4.42 Å². The van der Waals surface area contributed by atoms with Gasteiger partial charge in [-0.15, -0.1) is 12.4 Å². The van der Waals surface area contributed by atoms with Gasteiger partial charge in [0.2, 0.25) is 5.91 Å². The lowest BCUT2D eigenvalue weighted by Gasteiger charge is -2.27. The monoisotopic (exact) mass is 392 g/mol. The molecule has 0 aliphatic carbocycles. The standard InChI is InChI=1S/C21H28N2O3.ClH/c24-19(20-7-4-14-26-20)16-23(15-18-5-2-1-3-6-18)21(25)9-8-17-10-12-22-13-11-17;/h1-7,14,17,19,22,24H,8-13,15-16H2;1H. The van der Waals surface area contributed by atoms with E-state index in [1.165, 1.54) is 0 Å². The molecule has 1 aliphatic rings. The fourth-order valence-corrected chi connectivity index (χ4v) is 3.49. The Hall–Kier alpha value is -1.82. The predicted molar refractivity (Wildman–Crippen MR) is 108 cm³/mol. The van der Waals surface area contributed by atoms with E-state index in [1.54, 1.807) is 23.3 Å². The topological polar surface area (TPSA) is 65.7 Å². The Labute approximate surface area is 167 Å². The Morgan fingerprint density at radius 2 is 1.93 bits per heavy atom. The number of halogens is 1. The van der Waals surface area contributed by atoms with Crippen LogP contribution >= 0.6 is 12.4 Å². The van der Waals surface area contributed by atoms with E-state index in [-0.39, 0.29) is 24.9 Å². The average Bonchev–Trinajstić information content (AvgIpc) is 3.22. The fourth-order valence-electron chi connectivity index (χ4n) is 3.49. The average molecular weight is 393 g/mol. The summed E-state index contributed by atoms with van der Waals surface area (Å²) >= 11 is 0. The van der Waals surface area contributed by atoms with Crippen molar-refractivity contribution in [3.8, 4) is 0 Å². The number of furan rings is 1. The van der Waals surface area contributed by atoms with Gasteiger partial charge in [-0.05, 0) is 56.0 Å². The molecule has 27 heavy (non-hydrogen) atoms. The third-order valence-electron chi connectivity index (χ3n) is 5.06. The molecule has 1 saturated heterocycles. The summed E-state index contributed by atoms with van der Waals surface area (Å²) < 4.78 is 5.29. The molecule has 1 amide bonds. The van der Waals surface area contributed by atoms with E-state index >= 15 is 0 Å². The van der Waals surface area contributed by atoms with Crippen LogP contribution < -0.4 is 5.32 Å². The molecule has 148 valence electrons. The van der Waals surface area contributed by atoms with Crippen molar-refractivity contribution < 1.29 is 14.3 Å². The number of carbonyl (C=O) groups is 1. The number of carbonyl (C=O) groups excluding carboxylic acids is 1. The maximum atomic E-state index is 12.9. The van der Waals surface area contributed by atoms with Crippen LogP contribution in [-0.4, -0.2) is 35.5 Å². The highest BCUT2D eigenvalue weighted by molar-refractivity contribution is 5.85. The molecule has 0 spiro atoms. The van der Waals surface area contributed by atoms with Crippen LogP contribution in [0.25, 0.3) is 0 Å². The number of amides is 1. The third-order valence-corrected chi connectivity index (χ3v) is 5.06. The SMILES string of the molecule is Cl.O=C(CCC1CCNCC1)N(Cc1ccccc1)CC(O)c1ccco1.